The van der Waals surface area contributed by atoms with Crippen molar-refractivity contribution in [3.05, 3.63) is 90.3 Å². The Kier molecular flexibility index (Phi) is 5.99. The molecule has 1 unspecified atom stereocenters. The summed E-state index contributed by atoms with van der Waals surface area (Å²) < 4.78 is 5.77. The van der Waals surface area contributed by atoms with Crippen molar-refractivity contribution in [3.63, 3.8) is 0 Å². The summed E-state index contributed by atoms with van der Waals surface area (Å²) in [5, 5.41) is 3.00. The van der Waals surface area contributed by atoms with Gasteiger partial charge < -0.3 is 10.1 Å². The van der Waals surface area contributed by atoms with Crippen LogP contribution < -0.4 is 10.1 Å². The molecule has 1 amide bonds. The van der Waals surface area contributed by atoms with Gasteiger partial charge in [-0.05, 0) is 36.2 Å². The fourth-order valence-electron chi connectivity index (χ4n) is 2.79. The summed E-state index contributed by atoms with van der Waals surface area (Å²) in [6.07, 6.45) is 2.48. The molecule has 3 aromatic rings. The zero-order valence-electron chi connectivity index (χ0n) is 14.8. The molecule has 2 aromatic carbocycles. The monoisotopic (exact) mass is 346 g/mol. The second-order valence-electron chi connectivity index (χ2n) is 6.00. The van der Waals surface area contributed by atoms with Crippen LogP contribution in [-0.4, -0.2) is 10.9 Å². The van der Waals surface area contributed by atoms with Crippen LogP contribution in [0.25, 0.3) is 0 Å². The van der Waals surface area contributed by atoms with Gasteiger partial charge in [0.15, 0.2) is 0 Å². The van der Waals surface area contributed by atoms with Crippen LogP contribution in [0, 0.1) is 0 Å². The topological polar surface area (TPSA) is 51.2 Å². The van der Waals surface area contributed by atoms with Crippen molar-refractivity contribution in [2.75, 3.05) is 5.32 Å². The van der Waals surface area contributed by atoms with Crippen LogP contribution in [0.5, 0.6) is 5.75 Å². The van der Waals surface area contributed by atoms with Crippen molar-refractivity contribution in [1.82, 2.24) is 4.98 Å². The number of anilines is 1. The lowest BCUT2D eigenvalue weighted by atomic mass is 9.95. The predicted octanol–water partition coefficient (Wildman–Crippen LogP) is 4.79. The molecule has 1 N–H and O–H groups in total. The minimum absolute atomic E-state index is 0.0134. The Hall–Kier alpha value is -3.14. The van der Waals surface area contributed by atoms with Gasteiger partial charge in [0.25, 0.3) is 0 Å². The Bertz CT molecular complexity index is 835. The van der Waals surface area contributed by atoms with Gasteiger partial charge in [0.1, 0.15) is 12.4 Å². The molecule has 26 heavy (non-hydrogen) atoms. The van der Waals surface area contributed by atoms with Crippen molar-refractivity contribution in [2.24, 2.45) is 0 Å². The van der Waals surface area contributed by atoms with Crippen molar-refractivity contribution >= 4 is 11.6 Å². The lowest BCUT2D eigenvalue weighted by Gasteiger charge is -2.16. The first-order valence-electron chi connectivity index (χ1n) is 8.75. The molecule has 0 saturated heterocycles. The molecular formula is C22H22N2O2. The van der Waals surface area contributed by atoms with Gasteiger partial charge in [-0.3, -0.25) is 9.78 Å². The third-order valence-electron chi connectivity index (χ3n) is 4.14. The number of aromatic nitrogens is 1. The third kappa shape index (κ3) is 4.70. The van der Waals surface area contributed by atoms with Gasteiger partial charge in [-0.2, -0.15) is 0 Å². The zero-order valence-corrected chi connectivity index (χ0v) is 14.8. The van der Waals surface area contributed by atoms with E-state index in [0.717, 1.165) is 23.4 Å². The highest BCUT2D eigenvalue weighted by Crippen LogP contribution is 2.23. The largest absolute Gasteiger partial charge is 0.487 e. The Morgan fingerprint density at radius 2 is 1.85 bits per heavy atom. The van der Waals surface area contributed by atoms with E-state index in [9.17, 15) is 4.79 Å². The van der Waals surface area contributed by atoms with E-state index in [1.165, 1.54) is 0 Å². The summed E-state index contributed by atoms with van der Waals surface area (Å²) in [6, 6.07) is 23.0. The normalized spacial score (nSPS) is 11.6. The Morgan fingerprint density at radius 1 is 1.04 bits per heavy atom. The molecule has 0 spiro atoms. The maximum Gasteiger partial charge on any atom is 0.231 e. The lowest BCUT2D eigenvalue weighted by Crippen LogP contribution is -2.20. The Balaban J connectivity index is 1.65. The van der Waals surface area contributed by atoms with E-state index >= 15 is 0 Å². The van der Waals surface area contributed by atoms with Crippen molar-refractivity contribution in [3.8, 4) is 5.75 Å². The number of nitrogens with zero attached hydrogens (tertiary/aromatic N) is 1. The molecule has 0 aliphatic carbocycles. The number of carbonyl (C=O) groups excluding carboxylic acids is 1. The molecule has 0 saturated carbocycles. The van der Waals surface area contributed by atoms with Gasteiger partial charge in [0, 0.05) is 18.0 Å². The van der Waals surface area contributed by atoms with Crippen molar-refractivity contribution < 1.29 is 9.53 Å². The van der Waals surface area contributed by atoms with Gasteiger partial charge in [-0.1, -0.05) is 49.4 Å². The van der Waals surface area contributed by atoms with E-state index in [1.807, 2.05) is 79.7 Å². The number of hydrogen-bond donors (Lipinski definition) is 1. The summed E-state index contributed by atoms with van der Waals surface area (Å²) in [5.41, 5.74) is 2.61. The fourth-order valence-corrected chi connectivity index (χ4v) is 2.79. The molecule has 4 heteroatoms. The fraction of sp³-hybridized carbons (Fsp3) is 0.182. The SMILES string of the molecule is CCC(C(=O)Nc1cccc(OCc2ccccn2)c1)c1ccccc1. The van der Waals surface area contributed by atoms with E-state index in [2.05, 4.69) is 10.3 Å². The Labute approximate surface area is 153 Å². The molecule has 1 atom stereocenters. The molecule has 0 radical (unpaired) electrons. The molecular weight excluding hydrogens is 324 g/mol. The maximum atomic E-state index is 12.7. The molecule has 1 aromatic heterocycles. The summed E-state index contributed by atoms with van der Waals surface area (Å²) in [7, 11) is 0. The predicted molar refractivity (Wildman–Crippen MR) is 103 cm³/mol. The summed E-state index contributed by atoms with van der Waals surface area (Å²) >= 11 is 0. The number of amides is 1. The number of nitrogens with one attached hydrogen (secondary N) is 1. The maximum absolute atomic E-state index is 12.7. The summed E-state index contributed by atoms with van der Waals surface area (Å²) in [6.45, 7) is 2.41. The number of rotatable bonds is 7. The number of carbonyl (C=O) groups is 1. The van der Waals surface area contributed by atoms with E-state index < -0.39 is 0 Å². The number of benzene rings is 2. The highest BCUT2D eigenvalue weighted by Gasteiger charge is 2.18. The van der Waals surface area contributed by atoms with Crippen molar-refractivity contribution in [2.45, 2.75) is 25.9 Å². The van der Waals surface area contributed by atoms with E-state index in [1.54, 1.807) is 6.20 Å². The van der Waals surface area contributed by atoms with Crippen LogP contribution in [-0.2, 0) is 11.4 Å². The summed E-state index contributed by atoms with van der Waals surface area (Å²) in [5.74, 6) is 0.510. The lowest BCUT2D eigenvalue weighted by molar-refractivity contribution is -0.117. The highest BCUT2D eigenvalue weighted by molar-refractivity contribution is 5.95. The van der Waals surface area contributed by atoms with Crippen LogP contribution in [0.15, 0.2) is 79.0 Å². The molecule has 0 bridgehead atoms. The molecule has 0 aliphatic heterocycles. The van der Waals surface area contributed by atoms with Crippen LogP contribution in [0.1, 0.15) is 30.5 Å². The first kappa shape index (κ1) is 17.7. The standard InChI is InChI=1S/C22H22N2O2/c1-2-21(17-9-4-3-5-10-17)22(25)24-18-12-8-13-20(15-18)26-16-19-11-6-7-14-23-19/h3-15,21H,2,16H2,1H3,(H,24,25). The van der Waals surface area contributed by atoms with E-state index in [4.69, 9.17) is 4.74 Å². The summed E-state index contributed by atoms with van der Waals surface area (Å²) in [4.78, 5) is 16.9. The van der Waals surface area contributed by atoms with Crippen LogP contribution in [0.4, 0.5) is 5.69 Å². The first-order chi connectivity index (χ1) is 12.8. The van der Waals surface area contributed by atoms with Gasteiger partial charge in [0.05, 0.1) is 11.6 Å². The van der Waals surface area contributed by atoms with Gasteiger partial charge in [0.2, 0.25) is 5.91 Å². The minimum Gasteiger partial charge on any atom is -0.487 e. The third-order valence-corrected chi connectivity index (χ3v) is 4.14. The molecule has 3 rings (SSSR count). The molecule has 4 nitrogen and oxygen atoms in total. The Morgan fingerprint density at radius 3 is 2.58 bits per heavy atom. The molecule has 1 heterocycles. The number of pyridine rings is 1. The molecule has 132 valence electrons. The van der Waals surface area contributed by atoms with Gasteiger partial charge in [-0.15, -0.1) is 0 Å². The van der Waals surface area contributed by atoms with Gasteiger partial charge in [-0.25, -0.2) is 0 Å². The van der Waals surface area contributed by atoms with Crippen LogP contribution >= 0.6 is 0 Å². The molecule has 0 fully saturated rings. The second kappa shape index (κ2) is 8.81. The molecule has 0 aliphatic rings. The second-order valence-corrected chi connectivity index (χ2v) is 6.00. The number of ether oxygens (including phenoxy) is 1. The zero-order chi connectivity index (χ0) is 18.2. The quantitative estimate of drug-likeness (QED) is 0.669. The van der Waals surface area contributed by atoms with Crippen molar-refractivity contribution in [1.29, 1.82) is 0 Å². The number of hydrogen-bond acceptors (Lipinski definition) is 3. The van der Waals surface area contributed by atoms with Crippen LogP contribution in [0.2, 0.25) is 0 Å². The minimum atomic E-state index is -0.172. The van der Waals surface area contributed by atoms with E-state index in [0.29, 0.717) is 12.4 Å². The average Bonchev–Trinajstić information content (AvgIpc) is 2.69. The highest BCUT2D eigenvalue weighted by atomic mass is 16.5. The van der Waals surface area contributed by atoms with E-state index in [-0.39, 0.29) is 11.8 Å². The smallest absolute Gasteiger partial charge is 0.231 e. The van der Waals surface area contributed by atoms with Gasteiger partial charge >= 0.3 is 0 Å². The average molecular weight is 346 g/mol. The van der Waals surface area contributed by atoms with Crippen LogP contribution in [0.3, 0.4) is 0 Å². The first-order valence-corrected chi connectivity index (χ1v) is 8.75.